The topological polar surface area (TPSA) is 58.5 Å². The maximum absolute atomic E-state index is 12.9. The number of hydrogen-bond donors (Lipinski definition) is 2. The molecule has 0 spiro atoms. The molecular weight excluding hydrogens is 434 g/mol. The lowest BCUT2D eigenvalue weighted by atomic mass is 10.2. The monoisotopic (exact) mass is 458 g/mol. The van der Waals surface area contributed by atoms with Crippen molar-refractivity contribution in [2.45, 2.75) is 26.9 Å². The number of aromatic nitrogens is 1. The van der Waals surface area contributed by atoms with E-state index >= 15 is 0 Å². The van der Waals surface area contributed by atoms with Gasteiger partial charge in [-0.1, -0.05) is 18.2 Å². The van der Waals surface area contributed by atoms with E-state index in [1.54, 1.807) is 18.3 Å². The van der Waals surface area contributed by atoms with Crippen molar-refractivity contribution in [3.63, 3.8) is 0 Å². The number of benzene rings is 1. The lowest BCUT2D eigenvalue weighted by molar-refractivity contribution is 0.322. The lowest BCUT2D eigenvalue weighted by Crippen LogP contribution is -2.36. The van der Waals surface area contributed by atoms with E-state index < -0.39 is 0 Å². The van der Waals surface area contributed by atoms with Crippen molar-refractivity contribution in [2.75, 3.05) is 13.2 Å². The van der Waals surface area contributed by atoms with Crippen LogP contribution in [-0.2, 0) is 13.1 Å². The highest BCUT2D eigenvalue weighted by Gasteiger charge is 2.05. The van der Waals surface area contributed by atoms with E-state index in [1.807, 2.05) is 26.0 Å². The van der Waals surface area contributed by atoms with Crippen LogP contribution in [0.25, 0.3) is 0 Å². The normalized spacial score (nSPS) is 10.8. The number of pyridine rings is 1. The zero-order chi connectivity index (χ0) is 17.2. The second-order valence-corrected chi connectivity index (χ2v) is 5.08. The molecule has 0 bridgehead atoms. The number of rotatable bonds is 7. The van der Waals surface area contributed by atoms with E-state index in [0.29, 0.717) is 31.5 Å². The summed E-state index contributed by atoms with van der Waals surface area (Å²) in [7, 11) is 0. The number of nitrogens with one attached hydrogen (secondary N) is 2. The molecule has 0 radical (unpaired) electrons. The molecule has 0 amide bonds. The summed E-state index contributed by atoms with van der Waals surface area (Å²) in [6.07, 6.45) is 1.71. The van der Waals surface area contributed by atoms with Crippen LogP contribution in [0.3, 0.4) is 0 Å². The lowest BCUT2D eigenvalue weighted by Gasteiger charge is -2.13. The van der Waals surface area contributed by atoms with Gasteiger partial charge in [-0.05, 0) is 37.6 Å². The first-order chi connectivity index (χ1) is 11.7. The van der Waals surface area contributed by atoms with Gasteiger partial charge in [0.1, 0.15) is 5.82 Å². The van der Waals surface area contributed by atoms with Crippen LogP contribution in [0.5, 0.6) is 5.88 Å². The summed E-state index contributed by atoms with van der Waals surface area (Å²) < 4.78 is 18.5. The van der Waals surface area contributed by atoms with Crippen LogP contribution in [0.4, 0.5) is 4.39 Å². The number of aliphatic imine (C=N–C) groups is 1. The second kappa shape index (κ2) is 11.6. The highest BCUT2D eigenvalue weighted by Crippen LogP contribution is 2.13. The average Bonchev–Trinajstić information content (AvgIpc) is 2.60. The maximum Gasteiger partial charge on any atom is 0.218 e. The average molecular weight is 458 g/mol. The molecule has 0 aliphatic rings. The Hall–Kier alpha value is -1.90. The van der Waals surface area contributed by atoms with Crippen LogP contribution in [0.15, 0.2) is 47.6 Å². The molecule has 0 saturated carbocycles. The molecular formula is C18H24FIN4O. The van der Waals surface area contributed by atoms with Gasteiger partial charge in [0, 0.05) is 24.8 Å². The van der Waals surface area contributed by atoms with Crippen molar-refractivity contribution in [3.8, 4) is 5.88 Å². The molecule has 0 unspecified atom stereocenters. The van der Waals surface area contributed by atoms with Crippen LogP contribution in [0.2, 0.25) is 0 Å². The summed E-state index contributed by atoms with van der Waals surface area (Å²) in [5, 5.41) is 6.45. The molecule has 1 aromatic carbocycles. The van der Waals surface area contributed by atoms with Crippen LogP contribution in [0.1, 0.15) is 25.0 Å². The van der Waals surface area contributed by atoms with Gasteiger partial charge in [-0.25, -0.2) is 14.4 Å². The molecule has 1 aromatic heterocycles. The Morgan fingerprint density at radius 2 is 1.92 bits per heavy atom. The zero-order valence-electron chi connectivity index (χ0n) is 14.5. The van der Waals surface area contributed by atoms with E-state index in [2.05, 4.69) is 20.6 Å². The molecule has 0 aliphatic heterocycles. The largest absolute Gasteiger partial charge is 0.478 e. The molecule has 0 fully saturated rings. The van der Waals surface area contributed by atoms with E-state index in [-0.39, 0.29) is 29.8 Å². The quantitative estimate of drug-likeness (QED) is 0.379. The van der Waals surface area contributed by atoms with Gasteiger partial charge in [-0.2, -0.15) is 0 Å². The van der Waals surface area contributed by atoms with E-state index in [1.165, 1.54) is 12.1 Å². The summed E-state index contributed by atoms with van der Waals surface area (Å²) in [5.74, 6) is 1.07. The van der Waals surface area contributed by atoms with Crippen molar-refractivity contribution < 1.29 is 9.13 Å². The molecule has 136 valence electrons. The highest BCUT2D eigenvalue weighted by molar-refractivity contribution is 14.0. The van der Waals surface area contributed by atoms with Gasteiger partial charge in [0.25, 0.3) is 0 Å². The molecule has 2 rings (SSSR count). The Balaban J connectivity index is 0.00000312. The molecule has 0 aliphatic carbocycles. The van der Waals surface area contributed by atoms with Gasteiger partial charge in [0.15, 0.2) is 5.96 Å². The van der Waals surface area contributed by atoms with Gasteiger partial charge >= 0.3 is 0 Å². The first kappa shape index (κ1) is 21.1. The van der Waals surface area contributed by atoms with Gasteiger partial charge in [-0.3, -0.25) is 0 Å². The van der Waals surface area contributed by atoms with Gasteiger partial charge < -0.3 is 15.4 Å². The Bertz CT molecular complexity index is 664. The third-order valence-electron chi connectivity index (χ3n) is 3.25. The summed E-state index contributed by atoms with van der Waals surface area (Å²) in [6, 6.07) is 10.2. The minimum absolute atomic E-state index is 0. The number of nitrogens with zero attached hydrogens (tertiary/aromatic N) is 2. The number of hydrogen-bond acceptors (Lipinski definition) is 3. The SMILES string of the molecule is CCNC(=NCc1ccc(F)cc1)NCc1cccnc1OCC.I. The summed E-state index contributed by atoms with van der Waals surface area (Å²) >= 11 is 0. The Kier molecular flexibility index (Phi) is 9.83. The Morgan fingerprint density at radius 3 is 2.60 bits per heavy atom. The fraction of sp³-hybridized carbons (Fsp3) is 0.333. The third-order valence-corrected chi connectivity index (χ3v) is 3.25. The molecule has 5 nitrogen and oxygen atoms in total. The van der Waals surface area contributed by atoms with Crippen molar-refractivity contribution >= 4 is 29.9 Å². The third kappa shape index (κ3) is 7.25. The smallest absolute Gasteiger partial charge is 0.218 e. The predicted molar refractivity (Wildman–Crippen MR) is 109 cm³/mol. The van der Waals surface area contributed by atoms with Crippen LogP contribution >= 0.6 is 24.0 Å². The van der Waals surface area contributed by atoms with Crippen LogP contribution < -0.4 is 15.4 Å². The van der Waals surface area contributed by atoms with Gasteiger partial charge in [-0.15, -0.1) is 24.0 Å². The minimum atomic E-state index is -0.243. The Morgan fingerprint density at radius 1 is 1.16 bits per heavy atom. The minimum Gasteiger partial charge on any atom is -0.478 e. The van der Waals surface area contributed by atoms with Crippen LogP contribution in [-0.4, -0.2) is 24.1 Å². The van der Waals surface area contributed by atoms with Crippen molar-refractivity contribution in [1.29, 1.82) is 0 Å². The van der Waals surface area contributed by atoms with Crippen molar-refractivity contribution in [3.05, 3.63) is 59.5 Å². The molecule has 0 saturated heterocycles. The molecule has 7 heteroatoms. The van der Waals surface area contributed by atoms with E-state index in [0.717, 1.165) is 17.7 Å². The fourth-order valence-corrected chi connectivity index (χ4v) is 2.11. The molecule has 2 aromatic rings. The maximum atomic E-state index is 12.9. The van der Waals surface area contributed by atoms with Crippen LogP contribution in [0, 0.1) is 5.82 Å². The predicted octanol–water partition coefficient (Wildman–Crippen LogP) is 3.49. The fourth-order valence-electron chi connectivity index (χ4n) is 2.11. The van der Waals surface area contributed by atoms with E-state index in [9.17, 15) is 4.39 Å². The summed E-state index contributed by atoms with van der Waals surface area (Å²) in [6.45, 7) is 6.29. The first-order valence-corrected chi connectivity index (χ1v) is 8.06. The molecule has 25 heavy (non-hydrogen) atoms. The molecule has 0 atom stereocenters. The Labute approximate surface area is 165 Å². The van der Waals surface area contributed by atoms with Gasteiger partial charge in [0.05, 0.1) is 13.2 Å². The summed E-state index contributed by atoms with van der Waals surface area (Å²) in [5.41, 5.74) is 1.91. The highest BCUT2D eigenvalue weighted by atomic mass is 127. The van der Waals surface area contributed by atoms with E-state index in [4.69, 9.17) is 4.74 Å². The van der Waals surface area contributed by atoms with Crippen molar-refractivity contribution in [1.82, 2.24) is 15.6 Å². The number of ether oxygens (including phenoxy) is 1. The number of guanidine groups is 1. The first-order valence-electron chi connectivity index (χ1n) is 8.06. The second-order valence-electron chi connectivity index (χ2n) is 5.08. The zero-order valence-corrected chi connectivity index (χ0v) is 16.8. The number of halogens is 2. The van der Waals surface area contributed by atoms with Crippen molar-refractivity contribution in [2.24, 2.45) is 4.99 Å². The molecule has 1 heterocycles. The van der Waals surface area contributed by atoms with Gasteiger partial charge in [0.2, 0.25) is 5.88 Å². The molecule has 2 N–H and O–H groups in total. The summed E-state index contributed by atoms with van der Waals surface area (Å²) in [4.78, 5) is 8.75. The standard InChI is InChI=1S/C18H23FN4O.HI/c1-3-20-18(22-12-14-7-9-16(19)10-8-14)23-13-15-6-5-11-21-17(15)24-4-2;/h5-11H,3-4,12-13H2,1-2H3,(H2,20,22,23);1H.